The Morgan fingerprint density at radius 1 is 1.15 bits per heavy atom. The molecule has 33 heavy (non-hydrogen) atoms. The standard InChI is InChI=1S/C24H27BrN4O4/c1-3-4-14-28(23(31)16(2)33-19-12-10-18(25)11-13-19)20-21(26)29(24(32)27-22(20)30)15-17-8-6-5-7-9-17/h5-13,16H,3-4,14-15,26H2,1-2H3,(H,27,30,32)/t16-/m1/s1. The van der Waals surface area contributed by atoms with Gasteiger partial charge in [0.1, 0.15) is 11.6 Å². The number of halogens is 1. The average molecular weight is 515 g/mol. The van der Waals surface area contributed by atoms with Crippen molar-refractivity contribution in [2.24, 2.45) is 0 Å². The van der Waals surface area contributed by atoms with Crippen LogP contribution in [0, 0.1) is 0 Å². The van der Waals surface area contributed by atoms with E-state index in [0.717, 1.165) is 16.5 Å². The molecule has 0 aliphatic carbocycles. The second-order valence-electron chi connectivity index (χ2n) is 7.62. The van der Waals surface area contributed by atoms with Crippen LogP contribution in [0.3, 0.4) is 0 Å². The summed E-state index contributed by atoms with van der Waals surface area (Å²) in [6.07, 6.45) is 0.567. The van der Waals surface area contributed by atoms with Gasteiger partial charge in [-0.2, -0.15) is 0 Å². The van der Waals surface area contributed by atoms with E-state index in [-0.39, 0.29) is 24.6 Å². The van der Waals surface area contributed by atoms with E-state index < -0.39 is 23.3 Å². The van der Waals surface area contributed by atoms with Crippen molar-refractivity contribution in [3.8, 4) is 5.75 Å². The van der Waals surface area contributed by atoms with E-state index in [2.05, 4.69) is 20.9 Å². The Bertz CT molecular complexity index is 1210. The van der Waals surface area contributed by atoms with Crippen molar-refractivity contribution in [1.29, 1.82) is 0 Å². The van der Waals surface area contributed by atoms with E-state index in [1.165, 1.54) is 9.47 Å². The highest BCUT2D eigenvalue weighted by atomic mass is 79.9. The third-order valence-electron chi connectivity index (χ3n) is 5.14. The zero-order valence-corrected chi connectivity index (χ0v) is 20.2. The van der Waals surface area contributed by atoms with Gasteiger partial charge in [-0.1, -0.05) is 59.6 Å². The SMILES string of the molecule is CCCCN(C(=O)[C@@H](C)Oc1ccc(Br)cc1)c1c(N)n(Cc2ccccc2)c(=O)[nH]c1=O. The van der Waals surface area contributed by atoms with Crippen LogP contribution in [0.25, 0.3) is 0 Å². The summed E-state index contributed by atoms with van der Waals surface area (Å²) in [5.41, 5.74) is 5.77. The lowest BCUT2D eigenvalue weighted by Gasteiger charge is -2.27. The molecule has 1 atom stereocenters. The van der Waals surface area contributed by atoms with Gasteiger partial charge in [0.05, 0.1) is 6.54 Å². The molecule has 0 bridgehead atoms. The van der Waals surface area contributed by atoms with Crippen molar-refractivity contribution >= 4 is 33.3 Å². The summed E-state index contributed by atoms with van der Waals surface area (Å²) in [5, 5.41) is 0. The van der Waals surface area contributed by atoms with E-state index in [9.17, 15) is 14.4 Å². The minimum Gasteiger partial charge on any atom is -0.481 e. The second kappa shape index (κ2) is 11.0. The van der Waals surface area contributed by atoms with Gasteiger partial charge in [-0.15, -0.1) is 0 Å². The van der Waals surface area contributed by atoms with Crippen LogP contribution < -0.4 is 26.6 Å². The molecule has 1 amide bonds. The predicted octanol–water partition coefficient (Wildman–Crippen LogP) is 3.53. The number of aromatic nitrogens is 2. The molecule has 0 unspecified atom stereocenters. The normalized spacial score (nSPS) is 11.7. The minimum atomic E-state index is -0.878. The number of nitrogens with one attached hydrogen (secondary N) is 1. The lowest BCUT2D eigenvalue weighted by molar-refractivity contribution is -0.124. The van der Waals surface area contributed by atoms with Gasteiger partial charge in [-0.3, -0.25) is 19.1 Å². The fraction of sp³-hybridized carbons (Fsp3) is 0.292. The lowest BCUT2D eigenvalue weighted by atomic mass is 10.2. The Hall–Kier alpha value is -3.33. The van der Waals surface area contributed by atoms with Crippen LogP contribution in [0.15, 0.2) is 68.7 Å². The quantitative estimate of drug-likeness (QED) is 0.453. The van der Waals surface area contributed by atoms with Crippen LogP contribution >= 0.6 is 15.9 Å². The molecule has 0 aliphatic heterocycles. The van der Waals surface area contributed by atoms with Crippen LogP contribution in [0.5, 0.6) is 5.75 Å². The van der Waals surface area contributed by atoms with Crippen LogP contribution in [-0.4, -0.2) is 28.1 Å². The zero-order chi connectivity index (χ0) is 24.0. The van der Waals surface area contributed by atoms with Crippen molar-refractivity contribution in [2.75, 3.05) is 17.2 Å². The molecule has 3 rings (SSSR count). The fourth-order valence-electron chi connectivity index (χ4n) is 3.40. The van der Waals surface area contributed by atoms with Gasteiger partial charge in [0.25, 0.3) is 11.5 Å². The Labute approximate surface area is 200 Å². The second-order valence-corrected chi connectivity index (χ2v) is 8.54. The van der Waals surface area contributed by atoms with Crippen molar-refractivity contribution in [3.05, 3.63) is 85.5 Å². The maximum Gasteiger partial charge on any atom is 0.330 e. The summed E-state index contributed by atoms with van der Waals surface area (Å²) in [4.78, 5) is 42.3. The number of unbranched alkanes of at least 4 members (excludes halogenated alkanes) is 1. The molecule has 8 nitrogen and oxygen atoms in total. The zero-order valence-electron chi connectivity index (χ0n) is 18.6. The van der Waals surface area contributed by atoms with Gasteiger partial charge >= 0.3 is 5.69 Å². The number of nitrogens with zero attached hydrogens (tertiary/aromatic N) is 2. The van der Waals surface area contributed by atoms with E-state index in [0.29, 0.717) is 12.2 Å². The van der Waals surface area contributed by atoms with Crippen molar-refractivity contribution in [1.82, 2.24) is 9.55 Å². The first-order chi connectivity index (χ1) is 15.8. The Morgan fingerprint density at radius 3 is 2.45 bits per heavy atom. The number of rotatable bonds is 9. The summed E-state index contributed by atoms with van der Waals surface area (Å²) in [6, 6.07) is 16.4. The van der Waals surface area contributed by atoms with Crippen LogP contribution in [0.2, 0.25) is 0 Å². The van der Waals surface area contributed by atoms with Gasteiger partial charge in [0, 0.05) is 11.0 Å². The van der Waals surface area contributed by atoms with Gasteiger partial charge in [0.15, 0.2) is 11.8 Å². The largest absolute Gasteiger partial charge is 0.481 e. The minimum absolute atomic E-state index is 0.0461. The molecule has 0 saturated carbocycles. The molecular weight excluding hydrogens is 488 g/mol. The number of hydrogen-bond donors (Lipinski definition) is 2. The number of carbonyl (C=O) groups is 1. The molecule has 1 heterocycles. The monoisotopic (exact) mass is 514 g/mol. The molecule has 9 heteroatoms. The topological polar surface area (TPSA) is 110 Å². The number of nitrogen functional groups attached to an aromatic ring is 1. The maximum atomic E-state index is 13.4. The number of aromatic amines is 1. The van der Waals surface area contributed by atoms with Gasteiger partial charge < -0.3 is 15.4 Å². The van der Waals surface area contributed by atoms with Gasteiger partial charge in [-0.05, 0) is 43.2 Å². The van der Waals surface area contributed by atoms with E-state index in [1.54, 1.807) is 19.1 Å². The number of benzene rings is 2. The number of hydrogen-bond acceptors (Lipinski definition) is 5. The first-order valence-electron chi connectivity index (χ1n) is 10.7. The summed E-state index contributed by atoms with van der Waals surface area (Å²) in [6.45, 7) is 4.03. The van der Waals surface area contributed by atoms with E-state index in [1.807, 2.05) is 49.4 Å². The van der Waals surface area contributed by atoms with Crippen LogP contribution in [0.1, 0.15) is 32.3 Å². The Morgan fingerprint density at radius 2 is 1.82 bits per heavy atom. The maximum absolute atomic E-state index is 13.4. The Balaban J connectivity index is 1.97. The molecule has 174 valence electrons. The third kappa shape index (κ3) is 5.92. The number of anilines is 2. The fourth-order valence-corrected chi connectivity index (χ4v) is 3.66. The lowest BCUT2D eigenvalue weighted by Crippen LogP contribution is -2.46. The third-order valence-corrected chi connectivity index (χ3v) is 5.67. The van der Waals surface area contributed by atoms with Gasteiger partial charge in [0.2, 0.25) is 0 Å². The molecule has 0 radical (unpaired) electrons. The molecule has 0 aliphatic rings. The number of ether oxygens (including phenoxy) is 1. The number of nitrogens with two attached hydrogens (primary N) is 1. The smallest absolute Gasteiger partial charge is 0.330 e. The average Bonchev–Trinajstić information content (AvgIpc) is 2.80. The van der Waals surface area contributed by atoms with Crippen LogP contribution in [0.4, 0.5) is 11.5 Å². The van der Waals surface area contributed by atoms with Gasteiger partial charge in [-0.25, -0.2) is 4.79 Å². The molecule has 0 saturated heterocycles. The van der Waals surface area contributed by atoms with Crippen LogP contribution in [-0.2, 0) is 11.3 Å². The molecule has 0 fully saturated rings. The predicted molar refractivity (Wildman–Crippen MR) is 133 cm³/mol. The summed E-state index contributed by atoms with van der Waals surface area (Å²) in [5.74, 6) is 0.0341. The molecule has 3 N–H and O–H groups in total. The summed E-state index contributed by atoms with van der Waals surface area (Å²) < 4.78 is 7.96. The number of amides is 1. The summed E-state index contributed by atoms with van der Waals surface area (Å²) >= 11 is 3.36. The highest BCUT2D eigenvalue weighted by molar-refractivity contribution is 9.10. The first kappa shape index (κ1) is 24.3. The van der Waals surface area contributed by atoms with Crippen molar-refractivity contribution in [2.45, 2.75) is 39.3 Å². The highest BCUT2D eigenvalue weighted by Gasteiger charge is 2.28. The molecule has 3 aromatic rings. The van der Waals surface area contributed by atoms with Crippen molar-refractivity contribution < 1.29 is 9.53 Å². The molecular formula is C24H27BrN4O4. The molecule has 2 aromatic carbocycles. The van der Waals surface area contributed by atoms with Crippen molar-refractivity contribution in [3.63, 3.8) is 0 Å². The highest BCUT2D eigenvalue weighted by Crippen LogP contribution is 2.22. The molecule has 0 spiro atoms. The number of H-pyrrole nitrogens is 1. The first-order valence-corrected chi connectivity index (χ1v) is 11.5. The van der Waals surface area contributed by atoms with E-state index in [4.69, 9.17) is 10.5 Å². The summed E-state index contributed by atoms with van der Waals surface area (Å²) in [7, 11) is 0. The number of carbonyl (C=O) groups excluding carboxylic acids is 1. The Kier molecular flexibility index (Phi) is 8.11. The molecule has 1 aromatic heterocycles. The van der Waals surface area contributed by atoms with E-state index >= 15 is 0 Å².